The molecule has 0 radical (unpaired) electrons. The summed E-state index contributed by atoms with van der Waals surface area (Å²) < 4.78 is 18.8. The van der Waals surface area contributed by atoms with Crippen molar-refractivity contribution in [1.82, 2.24) is 24.3 Å². The predicted molar refractivity (Wildman–Crippen MR) is 176 cm³/mol. The first-order valence-electron chi connectivity index (χ1n) is 15.4. The Labute approximate surface area is 261 Å². The molecular formula is C34H48N6O4. The van der Waals surface area contributed by atoms with Crippen LogP contribution in [0.25, 0.3) is 21.9 Å². The SMILES string of the molecule is COCCc1nc2c(N)nc3ccccc3c2n1CCCCN(CCN(C)C)Cc1cccc(OCC(=O)OC(C)(C)C)c1. The fourth-order valence-corrected chi connectivity index (χ4v) is 5.25. The Bertz CT molecular complexity index is 1530. The van der Waals surface area contributed by atoms with E-state index in [1.165, 1.54) is 0 Å². The first-order chi connectivity index (χ1) is 21.0. The van der Waals surface area contributed by atoms with Gasteiger partial charge in [-0.25, -0.2) is 14.8 Å². The average molecular weight is 605 g/mol. The Balaban J connectivity index is 1.43. The van der Waals surface area contributed by atoms with Gasteiger partial charge in [-0.15, -0.1) is 0 Å². The number of carbonyl (C=O) groups is 1. The summed E-state index contributed by atoms with van der Waals surface area (Å²) in [5, 5.41) is 1.06. The Morgan fingerprint density at radius 1 is 1.00 bits per heavy atom. The highest BCUT2D eigenvalue weighted by atomic mass is 16.6. The maximum Gasteiger partial charge on any atom is 0.344 e. The molecule has 0 atom stereocenters. The van der Waals surface area contributed by atoms with Gasteiger partial charge in [-0.3, -0.25) is 4.90 Å². The van der Waals surface area contributed by atoms with Crippen LogP contribution in [0.3, 0.4) is 0 Å². The molecule has 0 saturated heterocycles. The third kappa shape index (κ3) is 9.38. The lowest BCUT2D eigenvalue weighted by Gasteiger charge is -2.24. The molecule has 238 valence electrons. The molecule has 0 aliphatic heterocycles. The molecule has 2 heterocycles. The lowest BCUT2D eigenvalue weighted by Crippen LogP contribution is -2.32. The number of anilines is 1. The smallest absolute Gasteiger partial charge is 0.344 e. The van der Waals surface area contributed by atoms with E-state index in [0.29, 0.717) is 24.6 Å². The fraction of sp³-hybridized carbons (Fsp3) is 0.500. The van der Waals surface area contributed by atoms with Crippen LogP contribution in [0.15, 0.2) is 48.5 Å². The number of hydrogen-bond acceptors (Lipinski definition) is 9. The van der Waals surface area contributed by atoms with Gasteiger partial charge >= 0.3 is 5.97 Å². The summed E-state index contributed by atoms with van der Waals surface area (Å²) in [6.45, 7) is 10.5. The number of fused-ring (bicyclic) bond motifs is 3. The van der Waals surface area contributed by atoms with E-state index in [-0.39, 0.29) is 12.6 Å². The van der Waals surface area contributed by atoms with Crippen molar-refractivity contribution in [1.29, 1.82) is 0 Å². The molecule has 0 aliphatic rings. The molecule has 44 heavy (non-hydrogen) atoms. The Kier molecular flexibility index (Phi) is 11.5. The molecule has 4 aromatic rings. The summed E-state index contributed by atoms with van der Waals surface area (Å²) in [6.07, 6.45) is 2.71. The molecule has 2 N–H and O–H groups in total. The molecule has 0 saturated carbocycles. The molecule has 0 amide bonds. The van der Waals surface area contributed by atoms with E-state index < -0.39 is 5.60 Å². The number of benzene rings is 2. The lowest BCUT2D eigenvalue weighted by atomic mass is 10.1. The number of rotatable bonds is 16. The van der Waals surface area contributed by atoms with Gasteiger partial charge in [-0.05, 0) is 78.0 Å². The number of ether oxygens (including phenoxy) is 3. The summed E-state index contributed by atoms with van der Waals surface area (Å²) >= 11 is 0. The second-order valence-electron chi connectivity index (χ2n) is 12.4. The van der Waals surface area contributed by atoms with E-state index in [2.05, 4.69) is 45.6 Å². The molecule has 0 unspecified atom stereocenters. The number of unbranched alkanes of at least 4 members (excludes halogenated alkanes) is 1. The van der Waals surface area contributed by atoms with Crippen LogP contribution in [-0.2, 0) is 33.8 Å². The monoisotopic (exact) mass is 604 g/mol. The number of imidazole rings is 1. The third-order valence-electron chi connectivity index (χ3n) is 7.27. The molecule has 10 heteroatoms. The van der Waals surface area contributed by atoms with E-state index in [1.807, 2.05) is 57.2 Å². The molecular weight excluding hydrogens is 556 g/mol. The van der Waals surface area contributed by atoms with Gasteiger partial charge in [0.25, 0.3) is 0 Å². The van der Waals surface area contributed by atoms with Gasteiger partial charge in [0, 0.05) is 45.1 Å². The van der Waals surface area contributed by atoms with Crippen molar-refractivity contribution in [3.63, 3.8) is 0 Å². The van der Waals surface area contributed by atoms with Gasteiger partial charge in [0.15, 0.2) is 12.4 Å². The summed E-state index contributed by atoms with van der Waals surface area (Å²) in [6, 6.07) is 16.1. The van der Waals surface area contributed by atoms with Gasteiger partial charge in [-0.1, -0.05) is 30.3 Å². The largest absolute Gasteiger partial charge is 0.482 e. The molecule has 0 aliphatic carbocycles. The standard InChI is InChI=1S/C34H48N6O4/c1-34(2,3)44-30(41)24-43-26-13-11-12-25(22-26)23-39(20-19-38(4)5)17-9-10-18-40-29(16-21-42-6)37-31-32(40)27-14-7-8-15-28(27)36-33(31)35/h7-8,11-15,22H,9-10,16-21,23-24H2,1-6H3,(H2,35,36). The van der Waals surface area contributed by atoms with Crippen molar-refractivity contribution >= 4 is 33.7 Å². The lowest BCUT2D eigenvalue weighted by molar-refractivity contribution is -0.157. The Morgan fingerprint density at radius 2 is 1.80 bits per heavy atom. The zero-order valence-electron chi connectivity index (χ0n) is 27.1. The van der Waals surface area contributed by atoms with Gasteiger partial charge in [0.1, 0.15) is 22.7 Å². The summed E-state index contributed by atoms with van der Waals surface area (Å²) in [5.41, 5.74) is 9.66. The number of likely N-dealkylation sites (N-methyl/N-ethyl adjacent to an activating group) is 1. The Morgan fingerprint density at radius 3 is 2.55 bits per heavy atom. The van der Waals surface area contributed by atoms with Crippen LogP contribution in [0.4, 0.5) is 5.82 Å². The minimum atomic E-state index is -0.538. The molecule has 0 spiro atoms. The van der Waals surface area contributed by atoms with E-state index in [0.717, 1.165) is 78.9 Å². The summed E-state index contributed by atoms with van der Waals surface area (Å²) in [7, 11) is 5.91. The number of hydrogen-bond donors (Lipinski definition) is 1. The number of pyridine rings is 1. The van der Waals surface area contributed by atoms with Crippen molar-refractivity contribution in [2.24, 2.45) is 0 Å². The van der Waals surface area contributed by atoms with Crippen molar-refractivity contribution in [2.75, 3.05) is 59.8 Å². The van der Waals surface area contributed by atoms with Crippen LogP contribution in [0.2, 0.25) is 0 Å². The normalized spacial score (nSPS) is 12.1. The fourth-order valence-electron chi connectivity index (χ4n) is 5.25. The third-order valence-corrected chi connectivity index (χ3v) is 7.27. The van der Waals surface area contributed by atoms with Crippen molar-refractivity contribution in [2.45, 2.75) is 58.7 Å². The first-order valence-corrected chi connectivity index (χ1v) is 15.4. The minimum Gasteiger partial charge on any atom is -0.482 e. The van der Waals surface area contributed by atoms with Gasteiger partial charge in [-0.2, -0.15) is 0 Å². The number of nitrogen functional groups attached to an aromatic ring is 1. The zero-order valence-corrected chi connectivity index (χ0v) is 27.1. The van der Waals surface area contributed by atoms with Crippen molar-refractivity contribution < 1.29 is 19.0 Å². The Hall–Kier alpha value is -3.73. The highest BCUT2D eigenvalue weighted by Gasteiger charge is 2.18. The van der Waals surface area contributed by atoms with Crippen molar-refractivity contribution in [3.05, 3.63) is 59.9 Å². The molecule has 4 rings (SSSR count). The molecule has 10 nitrogen and oxygen atoms in total. The van der Waals surface area contributed by atoms with E-state index in [9.17, 15) is 4.79 Å². The number of carbonyl (C=O) groups excluding carboxylic acids is 1. The van der Waals surface area contributed by atoms with Crippen LogP contribution < -0.4 is 10.5 Å². The van der Waals surface area contributed by atoms with Crippen LogP contribution in [0.1, 0.15) is 45.0 Å². The number of aromatic nitrogens is 3. The van der Waals surface area contributed by atoms with Crippen LogP contribution >= 0.6 is 0 Å². The maximum absolute atomic E-state index is 12.1. The summed E-state index contributed by atoms with van der Waals surface area (Å²) in [5.74, 6) is 1.72. The quantitative estimate of drug-likeness (QED) is 0.141. The minimum absolute atomic E-state index is 0.114. The second-order valence-corrected chi connectivity index (χ2v) is 12.4. The highest BCUT2D eigenvalue weighted by molar-refractivity contribution is 6.06. The van der Waals surface area contributed by atoms with Crippen LogP contribution in [0, 0.1) is 0 Å². The van der Waals surface area contributed by atoms with Gasteiger partial charge in [0.2, 0.25) is 0 Å². The molecule has 2 aromatic carbocycles. The number of methoxy groups -OCH3 is 1. The molecule has 0 bridgehead atoms. The highest BCUT2D eigenvalue weighted by Crippen LogP contribution is 2.29. The van der Waals surface area contributed by atoms with Gasteiger partial charge < -0.3 is 29.4 Å². The average Bonchev–Trinajstić information content (AvgIpc) is 3.34. The van der Waals surface area contributed by atoms with E-state index in [1.54, 1.807) is 7.11 Å². The van der Waals surface area contributed by atoms with Crippen molar-refractivity contribution in [3.8, 4) is 5.75 Å². The molecule has 2 aromatic heterocycles. The number of aryl methyl sites for hydroxylation is 1. The first kappa shape index (κ1) is 33.2. The van der Waals surface area contributed by atoms with E-state index in [4.69, 9.17) is 24.9 Å². The zero-order chi connectivity index (χ0) is 31.7. The second kappa shape index (κ2) is 15.3. The number of nitrogens with two attached hydrogens (primary N) is 1. The maximum atomic E-state index is 12.1. The summed E-state index contributed by atoms with van der Waals surface area (Å²) in [4.78, 5) is 26.3. The van der Waals surface area contributed by atoms with Crippen LogP contribution in [-0.4, -0.2) is 90.0 Å². The number of nitrogens with zero attached hydrogens (tertiary/aromatic N) is 5. The number of esters is 1. The van der Waals surface area contributed by atoms with Gasteiger partial charge in [0.05, 0.1) is 17.6 Å². The predicted octanol–water partition coefficient (Wildman–Crippen LogP) is 4.92. The topological polar surface area (TPSA) is 108 Å². The molecule has 0 fully saturated rings. The number of para-hydroxylation sites is 1. The van der Waals surface area contributed by atoms with E-state index >= 15 is 0 Å². The van der Waals surface area contributed by atoms with Crippen LogP contribution in [0.5, 0.6) is 5.75 Å².